The number of hydrogen-bond donors (Lipinski definition) is 1. The van der Waals surface area contributed by atoms with Crippen LogP contribution in [0, 0.1) is 17.3 Å². The minimum Gasteiger partial charge on any atom is -0.481 e. The molecule has 1 saturated carbocycles. The first-order valence-corrected chi connectivity index (χ1v) is 3.87. The summed E-state index contributed by atoms with van der Waals surface area (Å²) in [5.41, 5.74) is -0.0294. The molecule has 0 aromatic rings. The van der Waals surface area contributed by atoms with Crippen LogP contribution in [0.5, 0.6) is 0 Å². The van der Waals surface area contributed by atoms with E-state index in [9.17, 15) is 4.79 Å². The van der Waals surface area contributed by atoms with Crippen molar-refractivity contribution < 1.29 is 9.90 Å². The van der Waals surface area contributed by atoms with Gasteiger partial charge in [0, 0.05) is 0 Å². The van der Waals surface area contributed by atoms with Gasteiger partial charge in [0.2, 0.25) is 0 Å². The van der Waals surface area contributed by atoms with Crippen molar-refractivity contribution in [3.8, 4) is 0 Å². The maximum absolute atomic E-state index is 10.6. The summed E-state index contributed by atoms with van der Waals surface area (Å²) in [7, 11) is 0. The Balaban J connectivity index is 0.00000121. The molecular weight excluding hydrogens is 176 g/mol. The number of rotatable bonds is 2. The second kappa shape index (κ2) is 3.48. The number of carboxylic acids is 1. The van der Waals surface area contributed by atoms with Crippen LogP contribution in [-0.2, 0) is 4.79 Å². The van der Waals surface area contributed by atoms with Crippen molar-refractivity contribution in [2.75, 3.05) is 0 Å². The van der Waals surface area contributed by atoms with Crippen molar-refractivity contribution in [2.45, 2.75) is 20.8 Å². The summed E-state index contributed by atoms with van der Waals surface area (Å²) >= 11 is 0. The van der Waals surface area contributed by atoms with E-state index in [0.29, 0.717) is 0 Å². The number of aliphatic carboxylic acids is 1. The molecular formula is C9H15ClO2. The first-order chi connectivity index (χ1) is 5.01. The van der Waals surface area contributed by atoms with E-state index in [1.807, 2.05) is 32.9 Å². The molecule has 0 radical (unpaired) electrons. The lowest BCUT2D eigenvalue weighted by Gasteiger charge is -1.95. The lowest BCUT2D eigenvalue weighted by molar-refractivity contribution is -0.139. The summed E-state index contributed by atoms with van der Waals surface area (Å²) in [5.74, 6) is -0.596. The van der Waals surface area contributed by atoms with Crippen molar-refractivity contribution in [3.05, 3.63) is 12.2 Å². The zero-order valence-electron chi connectivity index (χ0n) is 7.57. The van der Waals surface area contributed by atoms with Gasteiger partial charge in [0.15, 0.2) is 0 Å². The number of allylic oxidation sites excluding steroid dienone is 2. The normalized spacial score (nSPS) is 31.2. The molecule has 1 N–H and O–H groups in total. The van der Waals surface area contributed by atoms with Crippen LogP contribution in [0.25, 0.3) is 0 Å². The Labute approximate surface area is 79.1 Å². The second-order valence-corrected chi connectivity index (χ2v) is 3.69. The highest BCUT2D eigenvalue weighted by Crippen LogP contribution is 2.58. The predicted molar refractivity (Wildman–Crippen MR) is 50.5 cm³/mol. The fourth-order valence-corrected chi connectivity index (χ4v) is 1.72. The molecule has 3 heteroatoms. The standard InChI is InChI=1S/C9H14O2.ClH/c1-4-5-6-7(8(10)11)9(6,2)3;/h4-7H,1-3H3,(H,10,11);1H. The van der Waals surface area contributed by atoms with Gasteiger partial charge in [-0.1, -0.05) is 26.0 Å². The number of hydrogen-bond acceptors (Lipinski definition) is 1. The highest BCUT2D eigenvalue weighted by Gasteiger charge is 2.60. The molecule has 1 aliphatic carbocycles. The molecule has 1 rings (SSSR count). The first kappa shape index (κ1) is 11.5. The fraction of sp³-hybridized carbons (Fsp3) is 0.667. The summed E-state index contributed by atoms with van der Waals surface area (Å²) in [6, 6.07) is 0. The van der Waals surface area contributed by atoms with Crippen LogP contribution in [0.2, 0.25) is 0 Å². The third kappa shape index (κ3) is 1.63. The van der Waals surface area contributed by atoms with E-state index in [1.165, 1.54) is 0 Å². The van der Waals surface area contributed by atoms with E-state index in [1.54, 1.807) is 0 Å². The Morgan fingerprint density at radius 1 is 1.50 bits per heavy atom. The molecule has 0 saturated heterocycles. The molecule has 0 amide bonds. The van der Waals surface area contributed by atoms with Crippen LogP contribution in [0.15, 0.2) is 12.2 Å². The molecule has 12 heavy (non-hydrogen) atoms. The zero-order valence-corrected chi connectivity index (χ0v) is 8.39. The highest BCUT2D eigenvalue weighted by molar-refractivity contribution is 5.85. The van der Waals surface area contributed by atoms with Crippen molar-refractivity contribution in [1.82, 2.24) is 0 Å². The number of halogens is 1. The second-order valence-electron chi connectivity index (χ2n) is 3.69. The molecule has 0 aliphatic heterocycles. The topological polar surface area (TPSA) is 37.3 Å². The summed E-state index contributed by atoms with van der Waals surface area (Å²) in [5, 5.41) is 8.75. The Morgan fingerprint density at radius 2 is 2.00 bits per heavy atom. The van der Waals surface area contributed by atoms with Gasteiger partial charge in [-0.05, 0) is 18.3 Å². The molecule has 0 bridgehead atoms. The van der Waals surface area contributed by atoms with Gasteiger partial charge in [-0.25, -0.2) is 0 Å². The van der Waals surface area contributed by atoms with Crippen molar-refractivity contribution in [1.29, 1.82) is 0 Å². The van der Waals surface area contributed by atoms with Crippen LogP contribution in [0.4, 0.5) is 0 Å². The predicted octanol–water partition coefficient (Wildman–Crippen LogP) is 2.34. The average molecular weight is 191 g/mol. The lowest BCUT2D eigenvalue weighted by atomic mass is 10.1. The van der Waals surface area contributed by atoms with Crippen LogP contribution in [0.1, 0.15) is 20.8 Å². The van der Waals surface area contributed by atoms with Crippen LogP contribution in [-0.4, -0.2) is 11.1 Å². The summed E-state index contributed by atoms with van der Waals surface area (Å²) in [6.07, 6.45) is 3.91. The van der Waals surface area contributed by atoms with Crippen LogP contribution in [0.3, 0.4) is 0 Å². The Bertz CT molecular complexity index is 209. The van der Waals surface area contributed by atoms with Gasteiger partial charge in [0.25, 0.3) is 0 Å². The molecule has 2 nitrogen and oxygen atoms in total. The minimum absolute atomic E-state index is 0. The van der Waals surface area contributed by atoms with Gasteiger partial charge in [-0.15, -0.1) is 12.4 Å². The third-order valence-corrected chi connectivity index (χ3v) is 2.58. The quantitative estimate of drug-likeness (QED) is 0.679. The lowest BCUT2D eigenvalue weighted by Crippen LogP contribution is -2.02. The smallest absolute Gasteiger partial charge is 0.307 e. The van der Waals surface area contributed by atoms with Crippen LogP contribution < -0.4 is 0 Å². The van der Waals surface area contributed by atoms with E-state index < -0.39 is 5.97 Å². The molecule has 0 heterocycles. The molecule has 0 spiro atoms. The molecule has 2 unspecified atom stereocenters. The van der Waals surface area contributed by atoms with Gasteiger partial charge < -0.3 is 5.11 Å². The van der Waals surface area contributed by atoms with Gasteiger partial charge in [-0.2, -0.15) is 0 Å². The highest BCUT2D eigenvalue weighted by atomic mass is 35.5. The molecule has 0 aromatic heterocycles. The molecule has 1 fully saturated rings. The Morgan fingerprint density at radius 3 is 2.25 bits per heavy atom. The molecule has 2 atom stereocenters. The van der Waals surface area contributed by atoms with Gasteiger partial charge >= 0.3 is 5.97 Å². The monoisotopic (exact) mass is 190 g/mol. The fourth-order valence-electron chi connectivity index (χ4n) is 1.72. The minimum atomic E-state index is -0.668. The SMILES string of the molecule is CC=CC1C(C(=O)O)C1(C)C.Cl. The van der Waals surface area contributed by atoms with E-state index in [2.05, 4.69) is 0 Å². The summed E-state index contributed by atoms with van der Waals surface area (Å²) in [6.45, 7) is 5.92. The van der Waals surface area contributed by atoms with Crippen molar-refractivity contribution >= 4 is 18.4 Å². The maximum atomic E-state index is 10.6. The van der Waals surface area contributed by atoms with Gasteiger partial charge in [0.1, 0.15) is 0 Å². The van der Waals surface area contributed by atoms with Crippen molar-refractivity contribution in [2.24, 2.45) is 17.3 Å². The number of carboxylic acid groups (broad SMARTS) is 1. The molecule has 0 aromatic carbocycles. The third-order valence-electron chi connectivity index (χ3n) is 2.58. The molecule has 1 aliphatic rings. The maximum Gasteiger partial charge on any atom is 0.307 e. The Hall–Kier alpha value is -0.500. The van der Waals surface area contributed by atoms with E-state index in [0.717, 1.165) is 0 Å². The number of carbonyl (C=O) groups is 1. The average Bonchev–Trinajstić information content (AvgIpc) is 2.35. The molecule has 70 valence electrons. The zero-order chi connectivity index (χ0) is 8.65. The van der Waals surface area contributed by atoms with E-state index in [4.69, 9.17) is 5.11 Å². The van der Waals surface area contributed by atoms with Crippen molar-refractivity contribution in [3.63, 3.8) is 0 Å². The van der Waals surface area contributed by atoms with Gasteiger partial charge in [0.05, 0.1) is 5.92 Å². The van der Waals surface area contributed by atoms with E-state index in [-0.39, 0.29) is 29.7 Å². The Kier molecular flexibility index (Phi) is 3.34. The summed E-state index contributed by atoms with van der Waals surface area (Å²) < 4.78 is 0. The van der Waals surface area contributed by atoms with E-state index >= 15 is 0 Å². The largest absolute Gasteiger partial charge is 0.481 e. The first-order valence-electron chi connectivity index (χ1n) is 3.87. The van der Waals surface area contributed by atoms with Gasteiger partial charge in [-0.3, -0.25) is 4.79 Å². The van der Waals surface area contributed by atoms with Crippen LogP contribution >= 0.6 is 12.4 Å². The summed E-state index contributed by atoms with van der Waals surface area (Å²) in [4.78, 5) is 10.6.